The van der Waals surface area contributed by atoms with Crippen LogP contribution in [-0.4, -0.2) is 64.4 Å². The van der Waals surface area contributed by atoms with Gasteiger partial charge in [-0.1, -0.05) is 12.1 Å². The smallest absolute Gasteiger partial charge is 0.191 e. The van der Waals surface area contributed by atoms with Gasteiger partial charge in [-0.05, 0) is 69.2 Å². The van der Waals surface area contributed by atoms with E-state index in [1.807, 2.05) is 7.05 Å². The van der Waals surface area contributed by atoms with Crippen molar-refractivity contribution in [2.45, 2.75) is 39.2 Å². The Bertz CT molecular complexity index is 652. The lowest BCUT2D eigenvalue weighted by molar-refractivity contribution is 0.121. The monoisotopic (exact) mass is 402 g/mol. The highest BCUT2D eigenvalue weighted by molar-refractivity contribution is 5.79. The molecule has 162 valence electrons. The van der Waals surface area contributed by atoms with E-state index in [2.05, 4.69) is 45.6 Å². The first-order chi connectivity index (χ1) is 14.2. The standard InChI is InChI=1S/C23H38N4O2/c1-18-4-7-21(22(14-18)29-17-20-5-6-20)16-26-23(24-2)25-15-19-8-10-27(11-9-19)12-13-28-3/h4,7,14,19-20H,5-6,8-13,15-17H2,1-3H3,(H2,24,25,26). The number of piperidine rings is 1. The van der Waals surface area contributed by atoms with Gasteiger partial charge in [-0.15, -0.1) is 0 Å². The molecule has 0 atom stereocenters. The van der Waals surface area contributed by atoms with Crippen LogP contribution in [0.15, 0.2) is 23.2 Å². The molecule has 1 aliphatic heterocycles. The normalized spacial score (nSPS) is 18.7. The Labute approximate surface area is 176 Å². The molecule has 1 saturated heterocycles. The fourth-order valence-corrected chi connectivity index (χ4v) is 3.71. The van der Waals surface area contributed by atoms with Crippen LogP contribution in [0.4, 0.5) is 0 Å². The Balaban J connectivity index is 1.41. The van der Waals surface area contributed by atoms with E-state index in [1.165, 1.54) is 36.8 Å². The number of hydrogen-bond donors (Lipinski definition) is 2. The number of methoxy groups -OCH3 is 1. The van der Waals surface area contributed by atoms with E-state index < -0.39 is 0 Å². The number of likely N-dealkylation sites (tertiary alicyclic amines) is 1. The highest BCUT2D eigenvalue weighted by Crippen LogP contribution is 2.30. The van der Waals surface area contributed by atoms with E-state index in [4.69, 9.17) is 9.47 Å². The summed E-state index contributed by atoms with van der Waals surface area (Å²) < 4.78 is 11.3. The van der Waals surface area contributed by atoms with Gasteiger partial charge in [-0.25, -0.2) is 0 Å². The van der Waals surface area contributed by atoms with Crippen LogP contribution in [0.25, 0.3) is 0 Å². The van der Waals surface area contributed by atoms with Crippen molar-refractivity contribution in [1.82, 2.24) is 15.5 Å². The molecule has 2 N–H and O–H groups in total. The molecule has 1 heterocycles. The van der Waals surface area contributed by atoms with E-state index in [9.17, 15) is 0 Å². The lowest BCUT2D eigenvalue weighted by Crippen LogP contribution is -2.43. The van der Waals surface area contributed by atoms with Gasteiger partial charge >= 0.3 is 0 Å². The number of guanidine groups is 1. The Kier molecular flexibility index (Phi) is 8.62. The molecule has 1 aliphatic carbocycles. The minimum absolute atomic E-state index is 0.698. The molecule has 1 aromatic rings. The van der Waals surface area contributed by atoms with Crippen molar-refractivity contribution in [3.63, 3.8) is 0 Å². The summed E-state index contributed by atoms with van der Waals surface area (Å²) in [5.41, 5.74) is 2.42. The summed E-state index contributed by atoms with van der Waals surface area (Å²) in [4.78, 5) is 6.89. The van der Waals surface area contributed by atoms with Gasteiger partial charge in [0.25, 0.3) is 0 Å². The lowest BCUT2D eigenvalue weighted by Gasteiger charge is -2.32. The first-order valence-corrected chi connectivity index (χ1v) is 11.1. The van der Waals surface area contributed by atoms with Gasteiger partial charge in [0.05, 0.1) is 13.2 Å². The summed E-state index contributed by atoms with van der Waals surface area (Å²) in [5, 5.41) is 6.97. The highest BCUT2D eigenvalue weighted by atomic mass is 16.5. The maximum Gasteiger partial charge on any atom is 0.191 e. The van der Waals surface area contributed by atoms with Crippen LogP contribution >= 0.6 is 0 Å². The van der Waals surface area contributed by atoms with Crippen molar-refractivity contribution in [3.8, 4) is 5.75 Å². The van der Waals surface area contributed by atoms with Gasteiger partial charge in [0.2, 0.25) is 0 Å². The maximum absolute atomic E-state index is 6.09. The number of ether oxygens (including phenoxy) is 2. The maximum atomic E-state index is 6.09. The summed E-state index contributed by atoms with van der Waals surface area (Å²) in [6.07, 6.45) is 5.07. The van der Waals surface area contributed by atoms with Gasteiger partial charge < -0.3 is 25.0 Å². The largest absolute Gasteiger partial charge is 0.493 e. The minimum atomic E-state index is 0.698. The number of aliphatic imine (C=N–C) groups is 1. The van der Waals surface area contributed by atoms with Crippen molar-refractivity contribution in [3.05, 3.63) is 29.3 Å². The van der Waals surface area contributed by atoms with E-state index in [0.29, 0.717) is 5.92 Å². The summed E-state index contributed by atoms with van der Waals surface area (Å²) in [6.45, 7) is 8.83. The van der Waals surface area contributed by atoms with Crippen molar-refractivity contribution in [1.29, 1.82) is 0 Å². The molecule has 0 amide bonds. The van der Waals surface area contributed by atoms with Crippen molar-refractivity contribution < 1.29 is 9.47 Å². The van der Waals surface area contributed by atoms with E-state index in [0.717, 1.165) is 63.6 Å². The predicted octanol–water partition coefficient (Wildman–Crippen LogP) is 2.81. The fourth-order valence-electron chi connectivity index (χ4n) is 3.71. The summed E-state index contributed by atoms with van der Waals surface area (Å²) in [7, 11) is 3.61. The molecule has 3 rings (SSSR count). The van der Waals surface area contributed by atoms with Crippen LogP contribution in [0, 0.1) is 18.8 Å². The third-order valence-corrected chi connectivity index (χ3v) is 5.94. The molecule has 0 spiro atoms. The van der Waals surface area contributed by atoms with Crippen molar-refractivity contribution >= 4 is 5.96 Å². The third-order valence-electron chi connectivity index (χ3n) is 5.94. The molecule has 6 nitrogen and oxygen atoms in total. The molecule has 0 aromatic heterocycles. The van der Waals surface area contributed by atoms with E-state index >= 15 is 0 Å². The van der Waals surface area contributed by atoms with Crippen LogP contribution in [0.2, 0.25) is 0 Å². The summed E-state index contributed by atoms with van der Waals surface area (Å²) >= 11 is 0. The molecule has 1 aromatic carbocycles. The fraction of sp³-hybridized carbons (Fsp3) is 0.696. The highest BCUT2D eigenvalue weighted by Gasteiger charge is 2.22. The van der Waals surface area contributed by atoms with Gasteiger partial charge in [-0.2, -0.15) is 0 Å². The molecular weight excluding hydrogens is 364 g/mol. The Morgan fingerprint density at radius 2 is 1.93 bits per heavy atom. The number of nitrogens with zero attached hydrogens (tertiary/aromatic N) is 2. The number of benzene rings is 1. The first kappa shape index (κ1) is 21.9. The van der Waals surface area contributed by atoms with E-state index in [1.54, 1.807) is 7.11 Å². The molecule has 2 aliphatic rings. The molecule has 0 unspecified atom stereocenters. The minimum Gasteiger partial charge on any atom is -0.493 e. The zero-order chi connectivity index (χ0) is 20.5. The van der Waals surface area contributed by atoms with Gasteiger partial charge in [0.15, 0.2) is 5.96 Å². The second kappa shape index (κ2) is 11.4. The Morgan fingerprint density at radius 3 is 2.62 bits per heavy atom. The SMILES string of the molecule is CN=C(NCc1ccc(C)cc1OCC1CC1)NCC1CCN(CCOC)CC1. The lowest BCUT2D eigenvalue weighted by atomic mass is 9.97. The average Bonchev–Trinajstić information content (AvgIpc) is 3.57. The number of rotatable bonds is 10. The van der Waals surface area contributed by atoms with Crippen molar-refractivity contribution in [2.75, 3.05) is 53.6 Å². The summed E-state index contributed by atoms with van der Waals surface area (Å²) in [5.74, 6) is 3.32. The van der Waals surface area contributed by atoms with Crippen LogP contribution in [0.3, 0.4) is 0 Å². The average molecular weight is 403 g/mol. The quantitative estimate of drug-likeness (QED) is 0.466. The van der Waals surface area contributed by atoms with E-state index in [-0.39, 0.29) is 0 Å². The van der Waals surface area contributed by atoms with Crippen LogP contribution in [-0.2, 0) is 11.3 Å². The Hall–Kier alpha value is -1.79. The molecule has 0 bridgehead atoms. The number of hydrogen-bond acceptors (Lipinski definition) is 4. The predicted molar refractivity (Wildman–Crippen MR) is 119 cm³/mol. The first-order valence-electron chi connectivity index (χ1n) is 11.1. The van der Waals surface area contributed by atoms with Gasteiger partial charge in [0.1, 0.15) is 5.75 Å². The number of aryl methyl sites for hydroxylation is 1. The third kappa shape index (κ3) is 7.52. The molecule has 2 fully saturated rings. The molecule has 1 saturated carbocycles. The Morgan fingerprint density at radius 1 is 1.14 bits per heavy atom. The van der Waals surface area contributed by atoms with Crippen LogP contribution in [0.5, 0.6) is 5.75 Å². The zero-order valence-corrected chi connectivity index (χ0v) is 18.4. The van der Waals surface area contributed by atoms with Crippen LogP contribution in [0.1, 0.15) is 36.8 Å². The molecule has 6 heteroatoms. The molecular formula is C23H38N4O2. The molecule has 0 radical (unpaired) electrons. The summed E-state index contributed by atoms with van der Waals surface area (Å²) in [6, 6.07) is 6.45. The second-order valence-electron chi connectivity index (χ2n) is 8.45. The molecule has 29 heavy (non-hydrogen) atoms. The van der Waals surface area contributed by atoms with Gasteiger partial charge in [0, 0.05) is 39.4 Å². The van der Waals surface area contributed by atoms with Crippen molar-refractivity contribution in [2.24, 2.45) is 16.8 Å². The van der Waals surface area contributed by atoms with Gasteiger partial charge in [-0.3, -0.25) is 4.99 Å². The topological polar surface area (TPSA) is 58.1 Å². The zero-order valence-electron chi connectivity index (χ0n) is 18.4. The number of nitrogens with one attached hydrogen (secondary N) is 2. The van der Waals surface area contributed by atoms with Crippen LogP contribution < -0.4 is 15.4 Å². The second-order valence-corrected chi connectivity index (χ2v) is 8.45.